The van der Waals surface area contributed by atoms with Crippen LogP contribution in [0, 0.1) is 0 Å². The number of benzene rings is 1. The number of aromatic nitrogens is 2. The third kappa shape index (κ3) is 1.09. The van der Waals surface area contributed by atoms with Gasteiger partial charge in [-0.3, -0.25) is 4.98 Å². The molecule has 0 saturated carbocycles. The minimum atomic E-state index is 0.786. The second kappa shape index (κ2) is 2.86. The highest BCUT2D eigenvalue weighted by Gasteiger charge is 2.07. The quantitative estimate of drug-likeness (QED) is 0.493. The summed E-state index contributed by atoms with van der Waals surface area (Å²) in [5.74, 6) is 0. The Bertz CT molecular complexity index is 655. The average Bonchev–Trinajstić information content (AvgIpc) is 2.54. The van der Waals surface area contributed by atoms with Gasteiger partial charge in [-0.2, -0.15) is 0 Å². The van der Waals surface area contributed by atoms with Gasteiger partial charge in [-0.25, -0.2) is 0 Å². The lowest BCUT2D eigenvalue weighted by molar-refractivity contribution is 1.01. The molecule has 15 heavy (non-hydrogen) atoms. The van der Waals surface area contributed by atoms with Crippen LogP contribution in [0.4, 0.5) is 0 Å². The standard InChI is InChI=1S/C12H9BN2/c1-15-10-3-2-6-14-12(10)9-5-4-8(13)7-11(9)15/h2-7H,1H3. The summed E-state index contributed by atoms with van der Waals surface area (Å²) >= 11 is 0. The lowest BCUT2D eigenvalue weighted by Crippen LogP contribution is -2.00. The van der Waals surface area contributed by atoms with Crippen molar-refractivity contribution < 1.29 is 0 Å². The number of hydrogen-bond acceptors (Lipinski definition) is 1. The van der Waals surface area contributed by atoms with E-state index in [9.17, 15) is 0 Å². The molecule has 0 atom stereocenters. The molecule has 0 spiro atoms. The maximum Gasteiger partial charge on any atom is 0.113 e. The lowest BCUT2D eigenvalue weighted by Gasteiger charge is -1.97. The number of fused-ring (bicyclic) bond motifs is 3. The molecule has 3 aromatic rings. The molecular formula is C12H9BN2. The number of rotatable bonds is 0. The van der Waals surface area contributed by atoms with E-state index in [1.165, 1.54) is 0 Å². The molecular weight excluding hydrogens is 183 g/mol. The second-order valence-corrected chi connectivity index (χ2v) is 3.71. The van der Waals surface area contributed by atoms with Crippen LogP contribution in [-0.2, 0) is 7.05 Å². The summed E-state index contributed by atoms with van der Waals surface area (Å²) in [5.41, 5.74) is 4.09. The molecule has 2 radical (unpaired) electrons. The highest BCUT2D eigenvalue weighted by molar-refractivity contribution is 6.33. The van der Waals surface area contributed by atoms with Gasteiger partial charge in [-0.05, 0) is 18.2 Å². The van der Waals surface area contributed by atoms with Crippen molar-refractivity contribution in [3.05, 3.63) is 36.5 Å². The summed E-state index contributed by atoms with van der Waals surface area (Å²) in [7, 11) is 7.81. The molecule has 0 aliphatic heterocycles. The second-order valence-electron chi connectivity index (χ2n) is 3.71. The van der Waals surface area contributed by atoms with Gasteiger partial charge in [0.25, 0.3) is 0 Å². The van der Waals surface area contributed by atoms with Crippen LogP contribution in [0.2, 0.25) is 0 Å². The van der Waals surface area contributed by atoms with Crippen LogP contribution >= 0.6 is 0 Å². The molecule has 2 nitrogen and oxygen atoms in total. The van der Waals surface area contributed by atoms with Crippen LogP contribution in [0.25, 0.3) is 21.9 Å². The van der Waals surface area contributed by atoms with Crippen molar-refractivity contribution in [2.45, 2.75) is 0 Å². The van der Waals surface area contributed by atoms with Crippen LogP contribution in [0.15, 0.2) is 36.5 Å². The van der Waals surface area contributed by atoms with E-state index in [-0.39, 0.29) is 0 Å². The summed E-state index contributed by atoms with van der Waals surface area (Å²) in [6.45, 7) is 0. The van der Waals surface area contributed by atoms with E-state index < -0.39 is 0 Å². The Hall–Kier alpha value is -1.77. The fourth-order valence-electron chi connectivity index (χ4n) is 2.03. The van der Waals surface area contributed by atoms with Crippen molar-refractivity contribution in [1.82, 2.24) is 9.55 Å². The number of pyridine rings is 1. The molecule has 2 aromatic heterocycles. The SMILES string of the molecule is [B]c1ccc2c3ncccc3n(C)c2c1. The summed E-state index contributed by atoms with van der Waals surface area (Å²) in [6.07, 6.45) is 1.82. The molecule has 2 heterocycles. The van der Waals surface area contributed by atoms with E-state index in [0.717, 1.165) is 27.4 Å². The van der Waals surface area contributed by atoms with Crippen LogP contribution < -0.4 is 5.46 Å². The summed E-state index contributed by atoms with van der Waals surface area (Å²) < 4.78 is 2.12. The van der Waals surface area contributed by atoms with Gasteiger partial charge in [-0.15, -0.1) is 0 Å². The predicted octanol–water partition coefficient (Wildman–Crippen LogP) is 1.52. The van der Waals surface area contributed by atoms with Crippen molar-refractivity contribution in [2.24, 2.45) is 7.05 Å². The van der Waals surface area contributed by atoms with Gasteiger partial charge in [0.2, 0.25) is 0 Å². The number of hydrogen-bond donors (Lipinski definition) is 0. The van der Waals surface area contributed by atoms with Crippen molar-refractivity contribution in [3.8, 4) is 0 Å². The third-order valence-electron chi connectivity index (χ3n) is 2.79. The van der Waals surface area contributed by atoms with E-state index >= 15 is 0 Å². The van der Waals surface area contributed by atoms with Gasteiger partial charge in [0, 0.05) is 24.1 Å². The van der Waals surface area contributed by atoms with Crippen molar-refractivity contribution in [2.75, 3.05) is 0 Å². The van der Waals surface area contributed by atoms with E-state index in [1.54, 1.807) is 0 Å². The Morgan fingerprint density at radius 3 is 2.93 bits per heavy atom. The van der Waals surface area contributed by atoms with Crippen molar-refractivity contribution >= 4 is 35.2 Å². The third-order valence-corrected chi connectivity index (χ3v) is 2.79. The molecule has 0 aliphatic carbocycles. The van der Waals surface area contributed by atoms with Gasteiger partial charge in [-0.1, -0.05) is 17.6 Å². The summed E-state index contributed by atoms with van der Waals surface area (Å²) in [6, 6.07) is 9.94. The van der Waals surface area contributed by atoms with Gasteiger partial charge in [0.15, 0.2) is 0 Å². The molecule has 3 rings (SSSR count). The largest absolute Gasteiger partial charge is 0.342 e. The Balaban J connectivity index is 2.63. The molecule has 0 saturated heterocycles. The maximum atomic E-state index is 5.78. The first-order chi connectivity index (χ1) is 7.27. The first kappa shape index (κ1) is 8.54. The Labute approximate surface area is 89.0 Å². The minimum Gasteiger partial charge on any atom is -0.342 e. The molecule has 3 heteroatoms. The zero-order chi connectivity index (χ0) is 10.4. The first-order valence-electron chi connectivity index (χ1n) is 4.86. The summed E-state index contributed by atoms with van der Waals surface area (Å²) in [5, 5.41) is 1.15. The maximum absolute atomic E-state index is 5.78. The molecule has 0 amide bonds. The highest BCUT2D eigenvalue weighted by atomic mass is 15.0. The van der Waals surface area contributed by atoms with Crippen LogP contribution in [0.3, 0.4) is 0 Å². The van der Waals surface area contributed by atoms with Gasteiger partial charge < -0.3 is 4.57 Å². The van der Waals surface area contributed by atoms with Gasteiger partial charge >= 0.3 is 0 Å². The Morgan fingerprint density at radius 1 is 1.20 bits per heavy atom. The van der Waals surface area contributed by atoms with Gasteiger partial charge in [0.05, 0.1) is 11.0 Å². The predicted molar refractivity (Wildman–Crippen MR) is 63.6 cm³/mol. The Morgan fingerprint density at radius 2 is 2.07 bits per heavy atom. The smallest absolute Gasteiger partial charge is 0.113 e. The van der Waals surface area contributed by atoms with Crippen molar-refractivity contribution in [1.29, 1.82) is 0 Å². The topological polar surface area (TPSA) is 17.8 Å². The normalized spacial score (nSPS) is 11.3. The fraction of sp³-hybridized carbons (Fsp3) is 0.0833. The number of nitrogens with zero attached hydrogens (tertiary/aromatic N) is 2. The highest BCUT2D eigenvalue weighted by Crippen LogP contribution is 2.24. The fourth-order valence-corrected chi connectivity index (χ4v) is 2.03. The van der Waals surface area contributed by atoms with Crippen LogP contribution in [0.1, 0.15) is 0 Å². The average molecular weight is 192 g/mol. The molecule has 0 unspecified atom stereocenters. The number of aryl methyl sites for hydroxylation is 1. The van der Waals surface area contributed by atoms with Crippen molar-refractivity contribution in [3.63, 3.8) is 0 Å². The first-order valence-corrected chi connectivity index (χ1v) is 4.86. The molecule has 0 N–H and O–H groups in total. The zero-order valence-corrected chi connectivity index (χ0v) is 8.44. The molecule has 0 aliphatic rings. The van der Waals surface area contributed by atoms with E-state index in [0.29, 0.717) is 0 Å². The molecule has 0 bridgehead atoms. The van der Waals surface area contributed by atoms with Gasteiger partial charge in [0.1, 0.15) is 7.85 Å². The van der Waals surface area contributed by atoms with E-state index in [2.05, 4.69) is 15.6 Å². The van der Waals surface area contributed by atoms with E-state index in [4.69, 9.17) is 7.85 Å². The molecule has 0 fully saturated rings. The summed E-state index contributed by atoms with van der Waals surface area (Å²) in [4.78, 5) is 4.40. The zero-order valence-electron chi connectivity index (χ0n) is 8.44. The monoisotopic (exact) mass is 192 g/mol. The van der Waals surface area contributed by atoms with Crippen LogP contribution in [0.5, 0.6) is 0 Å². The molecule has 1 aromatic carbocycles. The Kier molecular flexibility index (Phi) is 1.63. The van der Waals surface area contributed by atoms with Crippen LogP contribution in [-0.4, -0.2) is 17.4 Å². The van der Waals surface area contributed by atoms with E-state index in [1.807, 2.05) is 37.5 Å². The lowest BCUT2D eigenvalue weighted by atomic mass is 9.95. The minimum absolute atomic E-state index is 0.786. The molecule has 70 valence electrons.